The van der Waals surface area contributed by atoms with Crippen molar-refractivity contribution in [3.63, 3.8) is 0 Å². The minimum absolute atomic E-state index is 0.0347. The first-order valence-electron chi connectivity index (χ1n) is 19.4. The smallest absolute Gasteiger partial charge is 0.142 e. The van der Waals surface area contributed by atoms with Crippen LogP contribution in [0.2, 0.25) is 0 Å². The topological polar surface area (TPSA) is 200 Å². The number of aliphatic hydroxyl groups is 1. The first-order valence-corrected chi connectivity index (χ1v) is 21.0. The van der Waals surface area contributed by atoms with E-state index in [-0.39, 0.29) is 6.61 Å². The lowest BCUT2D eigenvalue weighted by molar-refractivity contribution is 0.260. The van der Waals surface area contributed by atoms with Crippen molar-refractivity contribution in [1.82, 2.24) is 34.9 Å². The number of nitrogens with one attached hydrogen (secondary N) is 2. The molecule has 0 saturated carbocycles. The van der Waals surface area contributed by atoms with Crippen LogP contribution in [0.3, 0.4) is 0 Å². The molecular weight excluding hydrogens is 769 g/mol. The van der Waals surface area contributed by atoms with Gasteiger partial charge in [0.05, 0.1) is 42.4 Å². The molecule has 7 aromatic rings. The van der Waals surface area contributed by atoms with Crippen LogP contribution in [0.25, 0.3) is 30.9 Å². The predicted octanol–water partition coefficient (Wildman–Crippen LogP) is 8.04. The van der Waals surface area contributed by atoms with Gasteiger partial charge in [-0.15, -0.1) is 27.8 Å². The normalized spacial score (nSPS) is 17.3. The van der Waals surface area contributed by atoms with Crippen molar-refractivity contribution in [3.05, 3.63) is 115 Å². The number of rotatable bonds is 9. The van der Waals surface area contributed by atoms with Gasteiger partial charge >= 0.3 is 0 Å². The standard InChI is InChI=1S/C22H21N7OS.C19H17N7S/c30-11-17-9-26-28-29(17)10-13-1-4-18-19(5-13)31-22-20(18)21(24-12-25-22)27-16-3-2-14-7-23-8-15(14)6-16;20-26-24-7-11-1-4-15-16(5-11)27-19-17(15)18(22-10-23-19)25-14-3-2-12-8-21-9-13(12)6-14/h2-3,6,8-9,12-13,30H,1,4-5,7,10-11H2,(H,24,25,27);2-3,6,9-11H,1,4-5,7-8H2,(H,22,23,25)/t13-;/m1./s1. The second-order valence-electron chi connectivity index (χ2n) is 15.0. The number of thiophene rings is 2. The molecule has 0 amide bonds. The maximum absolute atomic E-state index is 9.46. The Hall–Kier alpha value is -6.13. The number of aryl methyl sites for hydroxylation is 2. The summed E-state index contributed by atoms with van der Waals surface area (Å²) in [7, 11) is 0. The largest absolute Gasteiger partial charge is 0.390 e. The number of anilines is 4. The molecule has 4 aliphatic rings. The first kappa shape index (κ1) is 36.2. The summed E-state index contributed by atoms with van der Waals surface area (Å²) in [6.07, 6.45) is 14.7. The van der Waals surface area contributed by atoms with Crippen LogP contribution in [0.4, 0.5) is 23.0 Å². The van der Waals surface area contributed by atoms with E-state index in [1.165, 1.54) is 43.1 Å². The lowest BCUT2D eigenvalue weighted by atomic mass is 9.87. The minimum atomic E-state index is -0.0347. The molecule has 2 aliphatic carbocycles. The van der Waals surface area contributed by atoms with Gasteiger partial charge in [-0.25, -0.2) is 24.6 Å². The van der Waals surface area contributed by atoms with Gasteiger partial charge in [-0.1, -0.05) is 22.5 Å². The summed E-state index contributed by atoms with van der Waals surface area (Å²) in [6, 6.07) is 12.7. The summed E-state index contributed by atoms with van der Waals surface area (Å²) in [5, 5.41) is 30.6. The van der Waals surface area contributed by atoms with Gasteiger partial charge < -0.3 is 15.7 Å². The van der Waals surface area contributed by atoms with E-state index in [4.69, 9.17) is 5.53 Å². The van der Waals surface area contributed by atoms with Gasteiger partial charge in [0, 0.05) is 51.6 Å². The highest BCUT2D eigenvalue weighted by molar-refractivity contribution is 7.19. The Bertz CT molecular complexity index is 2800. The fourth-order valence-corrected chi connectivity index (χ4v) is 11.0. The van der Waals surface area contributed by atoms with Crippen molar-refractivity contribution >= 4 is 78.5 Å². The Kier molecular flexibility index (Phi) is 9.78. The average molecular weight is 807 g/mol. The number of azide groups is 1. The zero-order chi connectivity index (χ0) is 39.0. The van der Waals surface area contributed by atoms with Gasteiger partial charge in [-0.3, -0.25) is 9.98 Å². The maximum Gasteiger partial charge on any atom is 0.142 e. The fourth-order valence-electron chi connectivity index (χ4n) is 8.44. The van der Waals surface area contributed by atoms with E-state index in [9.17, 15) is 5.11 Å². The van der Waals surface area contributed by atoms with Gasteiger partial charge in [-0.2, -0.15) is 0 Å². The van der Waals surface area contributed by atoms with E-state index in [0.29, 0.717) is 18.4 Å². The zero-order valence-electron chi connectivity index (χ0n) is 31.4. The van der Waals surface area contributed by atoms with E-state index < -0.39 is 0 Å². The minimum Gasteiger partial charge on any atom is -0.390 e. The molecule has 1 unspecified atom stereocenters. The molecule has 290 valence electrons. The highest BCUT2D eigenvalue weighted by Crippen LogP contribution is 2.42. The van der Waals surface area contributed by atoms with E-state index >= 15 is 0 Å². The summed E-state index contributed by atoms with van der Waals surface area (Å²) < 4.78 is 1.83. The third kappa shape index (κ3) is 7.06. The molecule has 2 aromatic carbocycles. The molecule has 0 radical (unpaired) electrons. The van der Waals surface area contributed by atoms with E-state index in [1.807, 2.05) is 17.1 Å². The molecule has 2 aliphatic heterocycles. The Balaban J connectivity index is 0.000000142. The van der Waals surface area contributed by atoms with Crippen LogP contribution in [0.5, 0.6) is 0 Å². The van der Waals surface area contributed by atoms with E-state index in [1.54, 1.807) is 41.5 Å². The van der Waals surface area contributed by atoms with Gasteiger partial charge in [0.25, 0.3) is 0 Å². The first-order chi connectivity index (χ1) is 28.6. The lowest BCUT2D eigenvalue weighted by Crippen LogP contribution is -2.20. The second kappa shape index (κ2) is 15.7. The van der Waals surface area contributed by atoms with Gasteiger partial charge in [0.2, 0.25) is 0 Å². The SMILES string of the molecule is OCc1cnnn1C[C@@H]1CCc2c(sc3ncnc(Nc4ccc5c(c4)C=NC5)c23)C1.[N-]=[N+]=NCC1CCc2c(sc3ncnc(Nc4ccc5c(c4)C=NC5)c23)C1. The Morgan fingerprint density at radius 1 is 0.793 bits per heavy atom. The molecular formula is C41H38N14OS2. The van der Waals surface area contributed by atoms with Crippen molar-refractivity contribution in [1.29, 1.82) is 0 Å². The molecule has 0 saturated heterocycles. The quantitative estimate of drug-likeness (QED) is 0.0734. The number of hydrogen-bond acceptors (Lipinski definition) is 14. The second-order valence-corrected chi connectivity index (χ2v) is 17.2. The number of aromatic nitrogens is 7. The fraction of sp³-hybridized carbons (Fsp3) is 0.317. The monoisotopic (exact) mass is 806 g/mol. The van der Waals surface area contributed by atoms with Crippen molar-refractivity contribution in [2.45, 2.75) is 64.8 Å². The third-order valence-electron chi connectivity index (χ3n) is 11.4. The molecule has 17 heteroatoms. The number of benzene rings is 2. The molecule has 2 atom stereocenters. The lowest BCUT2D eigenvalue weighted by Gasteiger charge is -2.22. The van der Waals surface area contributed by atoms with Crippen molar-refractivity contribution < 1.29 is 5.11 Å². The summed E-state index contributed by atoms with van der Waals surface area (Å²) in [6.45, 7) is 2.84. The van der Waals surface area contributed by atoms with Crippen LogP contribution >= 0.6 is 22.7 Å². The molecule has 3 N–H and O–H groups in total. The van der Waals surface area contributed by atoms with E-state index in [0.717, 1.165) is 107 Å². The summed E-state index contributed by atoms with van der Waals surface area (Å²) in [5.74, 6) is 2.62. The molecule has 0 bridgehead atoms. The molecule has 7 heterocycles. The maximum atomic E-state index is 9.46. The summed E-state index contributed by atoms with van der Waals surface area (Å²) in [4.78, 5) is 34.5. The highest BCUT2D eigenvalue weighted by Gasteiger charge is 2.27. The number of aliphatic imine (C=N–C) groups is 2. The van der Waals surface area contributed by atoms with Crippen LogP contribution in [0, 0.1) is 11.8 Å². The summed E-state index contributed by atoms with van der Waals surface area (Å²) in [5.41, 5.74) is 18.9. The average Bonchev–Trinajstić information content (AvgIpc) is 4.10. The molecule has 5 aromatic heterocycles. The van der Waals surface area contributed by atoms with Gasteiger partial charge in [0.1, 0.15) is 34.0 Å². The molecule has 0 spiro atoms. The number of fused-ring (bicyclic) bond motifs is 8. The van der Waals surface area contributed by atoms with Crippen LogP contribution in [-0.2, 0) is 51.9 Å². The molecule has 58 heavy (non-hydrogen) atoms. The summed E-state index contributed by atoms with van der Waals surface area (Å²) >= 11 is 3.50. The van der Waals surface area contributed by atoms with Crippen molar-refractivity contribution in [2.75, 3.05) is 17.2 Å². The highest BCUT2D eigenvalue weighted by atomic mass is 32.1. The number of aliphatic hydroxyl groups excluding tert-OH is 1. The molecule has 0 fully saturated rings. The van der Waals surface area contributed by atoms with Gasteiger partial charge in [-0.05, 0) is 114 Å². The Labute approximate surface area is 340 Å². The molecule has 15 nitrogen and oxygen atoms in total. The van der Waals surface area contributed by atoms with Gasteiger partial charge in [0.15, 0.2) is 0 Å². The van der Waals surface area contributed by atoms with Crippen LogP contribution in [0.15, 0.2) is 70.3 Å². The van der Waals surface area contributed by atoms with Crippen LogP contribution in [0.1, 0.15) is 61.7 Å². The number of nitrogens with zero attached hydrogens (tertiary/aromatic N) is 12. The Morgan fingerprint density at radius 2 is 1.38 bits per heavy atom. The Morgan fingerprint density at radius 3 is 1.97 bits per heavy atom. The van der Waals surface area contributed by atoms with E-state index in [2.05, 4.69) is 97.3 Å². The van der Waals surface area contributed by atoms with Crippen LogP contribution < -0.4 is 10.6 Å². The van der Waals surface area contributed by atoms with Crippen molar-refractivity contribution in [2.24, 2.45) is 26.9 Å². The number of hydrogen-bond donors (Lipinski definition) is 3. The zero-order valence-corrected chi connectivity index (χ0v) is 33.0. The van der Waals surface area contributed by atoms with Crippen molar-refractivity contribution in [3.8, 4) is 0 Å². The van der Waals surface area contributed by atoms with Crippen LogP contribution in [-0.4, -0.2) is 59.0 Å². The third-order valence-corrected chi connectivity index (χ3v) is 13.7. The predicted molar refractivity (Wildman–Crippen MR) is 228 cm³/mol. The molecule has 11 rings (SSSR count).